The molecule has 4 aliphatic rings. The van der Waals surface area contributed by atoms with Crippen LogP contribution in [0.1, 0.15) is 37.7 Å². The van der Waals surface area contributed by atoms with Gasteiger partial charge >= 0.3 is 6.01 Å². The van der Waals surface area contributed by atoms with Crippen molar-refractivity contribution >= 4 is 27.5 Å². The molecule has 4 saturated heterocycles. The van der Waals surface area contributed by atoms with E-state index in [-0.39, 0.29) is 58.2 Å². The lowest BCUT2D eigenvalue weighted by Crippen LogP contribution is -2.57. The van der Waals surface area contributed by atoms with Crippen LogP contribution in [0.25, 0.3) is 32.9 Å². The average molecular weight is 602 g/mol. The fraction of sp³-hybridized carbons (Fsp3) is 0.424. The highest BCUT2D eigenvalue weighted by Crippen LogP contribution is 2.44. The Kier molecular flexibility index (Phi) is 6.36. The first-order chi connectivity index (χ1) is 21.3. The van der Waals surface area contributed by atoms with Gasteiger partial charge in [0.2, 0.25) is 0 Å². The van der Waals surface area contributed by atoms with Gasteiger partial charge in [0.25, 0.3) is 0 Å². The van der Waals surface area contributed by atoms with Gasteiger partial charge < -0.3 is 19.5 Å². The second kappa shape index (κ2) is 10.2. The Morgan fingerprint density at radius 3 is 2.95 bits per heavy atom. The molecule has 0 radical (unpaired) electrons. The summed E-state index contributed by atoms with van der Waals surface area (Å²) in [4.78, 5) is 18.1. The number of nitrogens with zero attached hydrogens (tertiary/aromatic N) is 5. The molecule has 2 aromatic carbocycles. The van der Waals surface area contributed by atoms with Gasteiger partial charge in [-0.3, -0.25) is 9.88 Å². The minimum Gasteiger partial charge on any atom is -0.508 e. The van der Waals surface area contributed by atoms with E-state index in [0.717, 1.165) is 32.2 Å². The maximum atomic E-state index is 16.7. The van der Waals surface area contributed by atoms with Crippen molar-refractivity contribution in [2.45, 2.75) is 55.9 Å². The van der Waals surface area contributed by atoms with Crippen LogP contribution in [0.3, 0.4) is 0 Å². The Hall–Kier alpha value is -4.14. The smallest absolute Gasteiger partial charge is 0.319 e. The number of aromatic nitrogens is 3. The SMILES string of the molecule is C#Cc1c(F)ccc2cc(O)cc(-c3ncc4c(N5C6CCOCC5C6)nc(OC[C@@]56CCCN5C[C@H](F)C6)nc4c3F)c12. The molecule has 4 aromatic rings. The van der Waals surface area contributed by atoms with Gasteiger partial charge in [-0.1, -0.05) is 12.0 Å². The molecule has 2 aromatic heterocycles. The first-order valence-corrected chi connectivity index (χ1v) is 15.0. The van der Waals surface area contributed by atoms with Gasteiger partial charge in [-0.05, 0) is 55.8 Å². The summed E-state index contributed by atoms with van der Waals surface area (Å²) < 4.78 is 58.0. The van der Waals surface area contributed by atoms with Crippen molar-refractivity contribution in [2.24, 2.45) is 0 Å². The summed E-state index contributed by atoms with van der Waals surface area (Å²) >= 11 is 0. The van der Waals surface area contributed by atoms with Crippen molar-refractivity contribution in [2.75, 3.05) is 37.8 Å². The van der Waals surface area contributed by atoms with Gasteiger partial charge in [-0.2, -0.15) is 9.97 Å². The fourth-order valence-electron chi connectivity index (χ4n) is 7.76. The number of hydrogen-bond donors (Lipinski definition) is 1. The van der Waals surface area contributed by atoms with Crippen molar-refractivity contribution in [3.63, 3.8) is 0 Å². The van der Waals surface area contributed by atoms with Gasteiger partial charge in [0.15, 0.2) is 5.82 Å². The highest BCUT2D eigenvalue weighted by atomic mass is 19.1. The molecule has 2 unspecified atom stereocenters. The van der Waals surface area contributed by atoms with Crippen molar-refractivity contribution in [3.8, 4) is 35.4 Å². The number of halogens is 3. The molecule has 2 bridgehead atoms. The van der Waals surface area contributed by atoms with E-state index in [1.54, 1.807) is 0 Å². The highest BCUT2D eigenvalue weighted by molar-refractivity contribution is 6.03. The molecule has 4 fully saturated rings. The molecule has 0 spiro atoms. The number of phenolic OH excluding ortho intramolecular Hbond substituents is 1. The number of phenols is 1. The minimum absolute atomic E-state index is 0.00669. The molecule has 8 nitrogen and oxygen atoms in total. The first kappa shape index (κ1) is 27.4. The zero-order valence-electron chi connectivity index (χ0n) is 23.9. The Labute approximate surface area is 251 Å². The van der Waals surface area contributed by atoms with Gasteiger partial charge in [-0.15, -0.1) is 6.42 Å². The summed E-state index contributed by atoms with van der Waals surface area (Å²) in [6, 6.07) is 5.68. The normalized spacial score (nSPS) is 26.4. The third kappa shape index (κ3) is 4.19. The number of pyridine rings is 1. The van der Waals surface area contributed by atoms with Gasteiger partial charge in [0.1, 0.15) is 41.4 Å². The maximum Gasteiger partial charge on any atom is 0.319 e. The molecule has 6 heterocycles. The van der Waals surface area contributed by atoms with Crippen LogP contribution in [0.15, 0.2) is 30.5 Å². The number of terminal acetylenes is 1. The predicted molar refractivity (Wildman–Crippen MR) is 158 cm³/mol. The van der Waals surface area contributed by atoms with Crippen LogP contribution < -0.4 is 9.64 Å². The Morgan fingerprint density at radius 2 is 2.09 bits per heavy atom. The van der Waals surface area contributed by atoms with E-state index in [9.17, 15) is 13.9 Å². The molecule has 1 N–H and O–H groups in total. The monoisotopic (exact) mass is 601 g/mol. The number of aromatic hydroxyl groups is 1. The maximum absolute atomic E-state index is 16.7. The average Bonchev–Trinajstić information content (AvgIpc) is 3.30. The molecule has 4 aliphatic heterocycles. The molecule has 8 rings (SSSR count). The molecule has 11 heteroatoms. The van der Waals surface area contributed by atoms with E-state index >= 15 is 4.39 Å². The summed E-state index contributed by atoms with van der Waals surface area (Å²) in [5.74, 6) is 1.30. The van der Waals surface area contributed by atoms with Crippen molar-refractivity contribution in [1.29, 1.82) is 0 Å². The van der Waals surface area contributed by atoms with E-state index in [1.807, 2.05) is 0 Å². The molecule has 4 atom stereocenters. The fourth-order valence-corrected chi connectivity index (χ4v) is 7.76. The van der Waals surface area contributed by atoms with Gasteiger partial charge in [0, 0.05) is 42.8 Å². The van der Waals surface area contributed by atoms with E-state index < -0.39 is 23.3 Å². The highest BCUT2D eigenvalue weighted by Gasteiger charge is 2.49. The molecule has 0 amide bonds. The summed E-state index contributed by atoms with van der Waals surface area (Å²) in [7, 11) is 0. The van der Waals surface area contributed by atoms with Crippen LogP contribution in [0, 0.1) is 24.0 Å². The number of fused-ring (bicyclic) bond motifs is 5. The predicted octanol–water partition coefficient (Wildman–Crippen LogP) is 5.13. The summed E-state index contributed by atoms with van der Waals surface area (Å²) in [6.07, 6.45) is 10.1. The van der Waals surface area contributed by atoms with Gasteiger partial charge in [0.05, 0.1) is 29.1 Å². The first-order valence-electron chi connectivity index (χ1n) is 15.0. The second-order valence-corrected chi connectivity index (χ2v) is 12.3. The topological polar surface area (TPSA) is 83.8 Å². The molecule has 0 aliphatic carbocycles. The third-order valence-electron chi connectivity index (χ3n) is 9.81. The van der Waals surface area contributed by atoms with Crippen LogP contribution in [-0.2, 0) is 4.74 Å². The minimum atomic E-state index is -0.919. The Balaban J connectivity index is 1.29. The van der Waals surface area contributed by atoms with Gasteiger partial charge in [-0.25, -0.2) is 13.2 Å². The van der Waals surface area contributed by atoms with Crippen molar-refractivity contribution in [1.82, 2.24) is 19.9 Å². The number of hydrogen-bond acceptors (Lipinski definition) is 8. The number of benzene rings is 2. The molecule has 44 heavy (non-hydrogen) atoms. The zero-order valence-corrected chi connectivity index (χ0v) is 23.9. The number of ether oxygens (including phenoxy) is 2. The van der Waals surface area contributed by atoms with Crippen LogP contribution in [-0.4, -0.2) is 81.7 Å². The number of rotatable bonds is 5. The number of anilines is 1. The number of alkyl halides is 1. The van der Waals surface area contributed by atoms with E-state index in [0.29, 0.717) is 42.8 Å². The Morgan fingerprint density at radius 1 is 1.20 bits per heavy atom. The van der Waals surface area contributed by atoms with E-state index in [4.69, 9.17) is 20.9 Å². The summed E-state index contributed by atoms with van der Waals surface area (Å²) in [5.41, 5.74) is -0.517. The zero-order chi connectivity index (χ0) is 30.2. The van der Waals surface area contributed by atoms with E-state index in [2.05, 4.69) is 25.7 Å². The molecule has 226 valence electrons. The quantitative estimate of drug-likeness (QED) is 0.315. The lowest BCUT2D eigenvalue weighted by molar-refractivity contribution is 0.107. The molecular formula is C33H30F3N5O3. The standard InChI is InChI=1S/C33H30F3N5O3/c1-2-23-26(35)5-4-18-10-22(42)12-24(27(18)23)29-28(36)30-25(14-37-29)31(41-20-6-9-43-16-21(41)11-20)39-32(38-30)44-17-33-7-3-8-40(33)15-19(34)13-33/h1,4-5,10,12,14,19-21,42H,3,6-9,11,13,15-17H2/t19-,20?,21?,33+/m1/s1. The third-order valence-corrected chi connectivity index (χ3v) is 9.81. The van der Waals surface area contributed by atoms with Crippen LogP contribution in [0.2, 0.25) is 0 Å². The second-order valence-electron chi connectivity index (χ2n) is 12.3. The molecular weight excluding hydrogens is 571 g/mol. The molecule has 0 saturated carbocycles. The Bertz CT molecular complexity index is 1850. The van der Waals surface area contributed by atoms with Crippen LogP contribution in [0.4, 0.5) is 19.0 Å². The lowest BCUT2D eigenvalue weighted by Gasteiger charge is -2.47. The van der Waals surface area contributed by atoms with Crippen LogP contribution >= 0.6 is 0 Å². The lowest BCUT2D eigenvalue weighted by atomic mass is 9.91. The van der Waals surface area contributed by atoms with Crippen LogP contribution in [0.5, 0.6) is 11.8 Å². The summed E-state index contributed by atoms with van der Waals surface area (Å²) in [5, 5.41) is 11.6. The largest absolute Gasteiger partial charge is 0.508 e. The van der Waals surface area contributed by atoms with Crippen molar-refractivity contribution in [3.05, 3.63) is 47.7 Å². The summed E-state index contributed by atoms with van der Waals surface area (Å²) in [6.45, 7) is 2.54. The van der Waals surface area contributed by atoms with E-state index in [1.165, 1.54) is 30.5 Å². The van der Waals surface area contributed by atoms with Crippen molar-refractivity contribution < 1.29 is 27.8 Å².